The number of aromatic amines is 2. The van der Waals surface area contributed by atoms with Crippen LogP contribution in [0.3, 0.4) is 0 Å². The second-order valence-corrected chi connectivity index (χ2v) is 17.5. The van der Waals surface area contributed by atoms with E-state index in [1.165, 1.54) is 21.3 Å². The van der Waals surface area contributed by atoms with Crippen LogP contribution in [-0.4, -0.2) is 130 Å². The lowest BCUT2D eigenvalue weighted by molar-refractivity contribution is -0.141. The maximum absolute atomic E-state index is 14.1. The summed E-state index contributed by atoms with van der Waals surface area (Å²) in [6.45, 7) is 8.85. The highest BCUT2D eigenvalue weighted by molar-refractivity contribution is 6.07. The van der Waals surface area contributed by atoms with E-state index in [-0.39, 0.29) is 35.7 Å². The molecule has 0 bridgehead atoms. The van der Waals surface area contributed by atoms with Gasteiger partial charge in [0.05, 0.1) is 54.8 Å². The van der Waals surface area contributed by atoms with Crippen LogP contribution in [0.4, 0.5) is 9.59 Å². The van der Waals surface area contributed by atoms with Gasteiger partial charge in [-0.2, -0.15) is 0 Å². The maximum atomic E-state index is 14.1. The minimum Gasteiger partial charge on any atom is -0.488 e. The van der Waals surface area contributed by atoms with Crippen molar-refractivity contribution in [2.24, 2.45) is 11.8 Å². The Morgan fingerprint density at radius 3 is 2.52 bits per heavy atom. The Morgan fingerprint density at radius 1 is 1.00 bits per heavy atom. The minimum atomic E-state index is -1.13. The standard InChI is InChI=1S/C47H58N8O9/c1-9-24(2)41(53(5)47(59)60)45(57)55-25(3)10-15-36(55)42-48-20-35(50-42)29-11-13-31-30(17-29)23-64-38-19-32-28(18-33(31)38)12-14-34-40(32)51-43(49-34)37-16-27(22-61-6)21-54(37)44(56)39(26(4)62-7)52-46(58)63-8/h11-14,17-20,24-27,36-37,39,41H,9-10,15-16,21-23H2,1-8H3,(H,48,50)(H,49,51)(H,52,58)(H,59,60)/t24-,25-,26+,27-,36-,37-,39+,41?/m0/s1. The highest BCUT2D eigenvalue weighted by Gasteiger charge is 2.44. The number of nitrogens with one attached hydrogen (secondary N) is 3. The zero-order valence-electron chi connectivity index (χ0n) is 37.6. The number of carbonyl (C=O) groups excluding carboxylic acids is 3. The van der Waals surface area contributed by atoms with Crippen LogP contribution in [0.1, 0.15) is 82.7 Å². The third kappa shape index (κ3) is 8.10. The smallest absolute Gasteiger partial charge is 0.407 e. The van der Waals surface area contributed by atoms with Crippen LogP contribution in [0.15, 0.2) is 48.7 Å². The van der Waals surface area contributed by atoms with Gasteiger partial charge in [0.25, 0.3) is 0 Å². The van der Waals surface area contributed by atoms with Crippen LogP contribution < -0.4 is 10.1 Å². The van der Waals surface area contributed by atoms with Gasteiger partial charge >= 0.3 is 12.2 Å². The zero-order chi connectivity index (χ0) is 45.6. The Hall–Kier alpha value is -6.20. The molecule has 8 atom stereocenters. The Labute approximate surface area is 371 Å². The van der Waals surface area contributed by atoms with Crippen LogP contribution in [0.2, 0.25) is 0 Å². The normalized spacial score (nSPS) is 21.2. The average Bonchev–Trinajstić information content (AvgIpc) is 4.12. The van der Waals surface area contributed by atoms with Crippen molar-refractivity contribution in [2.45, 2.75) is 96.3 Å². The number of hydrogen-bond acceptors (Lipinski definition) is 10. The molecular formula is C47H58N8O9. The third-order valence-electron chi connectivity index (χ3n) is 13.6. The molecule has 1 unspecified atom stereocenters. The fraction of sp³-hybridized carbons (Fsp3) is 0.489. The summed E-state index contributed by atoms with van der Waals surface area (Å²) in [5.41, 5.74) is 6.36. The lowest BCUT2D eigenvalue weighted by Crippen LogP contribution is -2.54. The Balaban J connectivity index is 1.06. The highest BCUT2D eigenvalue weighted by atomic mass is 16.5. The summed E-state index contributed by atoms with van der Waals surface area (Å²) in [5, 5.41) is 14.4. The number of likely N-dealkylation sites (tertiary alicyclic amines) is 2. The van der Waals surface area contributed by atoms with E-state index in [4.69, 9.17) is 28.9 Å². The molecule has 3 aromatic carbocycles. The van der Waals surface area contributed by atoms with Crippen LogP contribution >= 0.6 is 0 Å². The Kier molecular flexibility index (Phi) is 12.6. The number of nitrogens with zero attached hydrogens (tertiary/aromatic N) is 5. The molecular weight excluding hydrogens is 821 g/mol. The summed E-state index contributed by atoms with van der Waals surface area (Å²) in [6.07, 6.45) is 2.12. The summed E-state index contributed by atoms with van der Waals surface area (Å²) in [6, 6.07) is 11.9. The van der Waals surface area contributed by atoms with Gasteiger partial charge in [-0.05, 0) is 85.4 Å². The first-order valence-electron chi connectivity index (χ1n) is 22.0. The van der Waals surface area contributed by atoms with Gasteiger partial charge in [0.1, 0.15) is 36.1 Å². The molecule has 17 heteroatoms. The molecule has 0 saturated carbocycles. The maximum Gasteiger partial charge on any atom is 0.407 e. The SMILES string of the molecule is CC[C@H](C)C(C(=O)N1[C@@H](C)CC[C@H]1c1ncc(-c2ccc3c(c2)COc2cc4c(ccc5nc([C@@H]6C[C@H](COC)CN6C(=O)[C@H](NC(=O)OC)[C@@H](C)OC)[nH]c54)cc2-3)[nH]1)N(C)C(=O)O. The molecule has 0 aliphatic carbocycles. The van der Waals surface area contributed by atoms with Gasteiger partial charge in [-0.15, -0.1) is 0 Å². The van der Waals surface area contributed by atoms with Gasteiger partial charge in [0.15, 0.2) is 0 Å². The second-order valence-electron chi connectivity index (χ2n) is 17.5. The second kappa shape index (κ2) is 18.1. The number of likely N-dealkylation sites (N-methyl/N-ethyl adjacent to an activating group) is 1. The van der Waals surface area contributed by atoms with E-state index in [0.29, 0.717) is 44.2 Å². The molecule has 0 spiro atoms. The number of hydrogen-bond donors (Lipinski definition) is 4. The number of fused-ring (bicyclic) bond motifs is 6. The number of ether oxygens (including phenoxy) is 4. The van der Waals surface area contributed by atoms with Crippen molar-refractivity contribution in [3.05, 3.63) is 65.9 Å². The monoisotopic (exact) mass is 878 g/mol. The first-order chi connectivity index (χ1) is 30.8. The van der Waals surface area contributed by atoms with E-state index in [1.54, 1.807) is 25.1 Å². The minimum absolute atomic E-state index is 0.0517. The summed E-state index contributed by atoms with van der Waals surface area (Å²) >= 11 is 0. The average molecular weight is 879 g/mol. The van der Waals surface area contributed by atoms with Gasteiger partial charge in [0.2, 0.25) is 11.8 Å². The zero-order valence-corrected chi connectivity index (χ0v) is 37.6. The molecule has 4 N–H and O–H groups in total. The molecule has 17 nitrogen and oxygen atoms in total. The molecule has 4 amide bonds. The summed E-state index contributed by atoms with van der Waals surface area (Å²) in [4.78, 5) is 74.1. The van der Waals surface area contributed by atoms with E-state index >= 15 is 0 Å². The van der Waals surface area contributed by atoms with Gasteiger partial charge in [-0.25, -0.2) is 19.6 Å². The number of amides is 4. The quantitative estimate of drug-likeness (QED) is 0.0945. The van der Waals surface area contributed by atoms with Crippen molar-refractivity contribution in [1.82, 2.24) is 40.0 Å². The van der Waals surface area contributed by atoms with Crippen molar-refractivity contribution in [2.75, 3.05) is 41.5 Å². The summed E-state index contributed by atoms with van der Waals surface area (Å²) < 4.78 is 22.3. The number of H-pyrrole nitrogens is 2. The van der Waals surface area contributed by atoms with Crippen LogP contribution in [0.5, 0.6) is 5.75 Å². The highest BCUT2D eigenvalue weighted by Crippen LogP contribution is 2.44. The number of aromatic nitrogens is 4. The molecule has 2 saturated heterocycles. The predicted octanol–water partition coefficient (Wildman–Crippen LogP) is 7.04. The molecule has 340 valence electrons. The van der Waals surface area contributed by atoms with Crippen molar-refractivity contribution in [3.8, 4) is 28.1 Å². The molecule has 5 heterocycles. The largest absolute Gasteiger partial charge is 0.488 e. The van der Waals surface area contributed by atoms with E-state index < -0.39 is 36.4 Å². The number of methoxy groups -OCH3 is 3. The Bertz CT molecular complexity index is 2570. The molecule has 3 aliphatic heterocycles. The number of imidazole rings is 2. The van der Waals surface area contributed by atoms with Gasteiger partial charge < -0.3 is 49.1 Å². The lowest BCUT2D eigenvalue weighted by Gasteiger charge is -2.36. The Morgan fingerprint density at radius 2 is 1.80 bits per heavy atom. The molecule has 2 aromatic heterocycles. The number of rotatable bonds is 13. The van der Waals surface area contributed by atoms with Crippen molar-refractivity contribution >= 4 is 45.8 Å². The van der Waals surface area contributed by atoms with E-state index in [2.05, 4.69) is 39.6 Å². The lowest BCUT2D eigenvalue weighted by atomic mass is 9.92. The first kappa shape index (κ1) is 44.4. The van der Waals surface area contributed by atoms with Gasteiger partial charge in [0, 0.05) is 50.7 Å². The van der Waals surface area contributed by atoms with Crippen LogP contribution in [-0.2, 0) is 30.4 Å². The first-order valence-corrected chi connectivity index (χ1v) is 22.0. The van der Waals surface area contributed by atoms with Crippen LogP contribution in [0.25, 0.3) is 44.2 Å². The number of carbonyl (C=O) groups is 4. The topological polar surface area (TPSA) is 205 Å². The predicted molar refractivity (Wildman–Crippen MR) is 238 cm³/mol. The molecule has 64 heavy (non-hydrogen) atoms. The van der Waals surface area contributed by atoms with E-state index in [0.717, 1.165) is 73.2 Å². The fourth-order valence-corrected chi connectivity index (χ4v) is 9.86. The van der Waals surface area contributed by atoms with Crippen molar-refractivity contribution < 1.29 is 43.2 Å². The van der Waals surface area contributed by atoms with Gasteiger partial charge in [-0.3, -0.25) is 14.5 Å². The van der Waals surface area contributed by atoms with E-state index in [1.807, 2.05) is 43.9 Å². The molecule has 3 aliphatic rings. The summed E-state index contributed by atoms with van der Waals surface area (Å²) in [5.74, 6) is 1.46. The van der Waals surface area contributed by atoms with Gasteiger partial charge in [-0.1, -0.05) is 38.5 Å². The fourth-order valence-electron chi connectivity index (χ4n) is 9.86. The molecule has 0 radical (unpaired) electrons. The summed E-state index contributed by atoms with van der Waals surface area (Å²) in [7, 11) is 5.86. The van der Waals surface area contributed by atoms with Crippen molar-refractivity contribution in [3.63, 3.8) is 0 Å². The van der Waals surface area contributed by atoms with Crippen LogP contribution in [0, 0.1) is 11.8 Å². The number of benzene rings is 3. The number of alkyl carbamates (subject to hydrolysis) is 1. The molecule has 5 aromatic rings. The molecule has 2 fully saturated rings. The third-order valence-corrected chi connectivity index (χ3v) is 13.6. The molecule has 8 rings (SSSR count). The number of carboxylic acid groups (broad SMARTS) is 1. The van der Waals surface area contributed by atoms with E-state index in [9.17, 15) is 24.3 Å². The van der Waals surface area contributed by atoms with Crippen molar-refractivity contribution in [1.29, 1.82) is 0 Å².